The Balaban J connectivity index is 2.57. The van der Waals surface area contributed by atoms with Crippen LogP contribution in [0.1, 0.15) is 20.8 Å². The molecule has 0 saturated heterocycles. The maximum absolute atomic E-state index is 12.1. The lowest BCUT2D eigenvalue weighted by molar-refractivity contribution is 0.167. The van der Waals surface area contributed by atoms with Crippen LogP contribution in [0.15, 0.2) is 27.6 Å². The summed E-state index contributed by atoms with van der Waals surface area (Å²) in [5.74, 6) is 0.376. The number of hydrogen-bond donors (Lipinski definition) is 1. The van der Waals surface area contributed by atoms with E-state index in [1.54, 1.807) is 6.20 Å². The summed E-state index contributed by atoms with van der Waals surface area (Å²) in [6.07, 6.45) is 1.66. The minimum Gasteiger partial charge on any atom is -0.380 e. The molecule has 20 heavy (non-hydrogen) atoms. The van der Waals surface area contributed by atoms with Crippen molar-refractivity contribution in [3.05, 3.63) is 33.2 Å². The molecular formula is C14H22BrN3O2. The Labute approximate surface area is 128 Å². The van der Waals surface area contributed by atoms with Gasteiger partial charge in [0.2, 0.25) is 0 Å². The van der Waals surface area contributed by atoms with E-state index in [-0.39, 0.29) is 5.56 Å². The molecule has 0 amide bonds. The first-order valence-electron chi connectivity index (χ1n) is 6.63. The second kappa shape index (κ2) is 8.21. The van der Waals surface area contributed by atoms with Gasteiger partial charge in [0.05, 0.1) is 25.1 Å². The molecule has 0 atom stereocenters. The van der Waals surface area contributed by atoms with Crippen LogP contribution in [0.5, 0.6) is 0 Å². The molecule has 112 valence electrons. The largest absolute Gasteiger partial charge is 0.380 e. The van der Waals surface area contributed by atoms with Crippen LogP contribution in [-0.2, 0) is 11.3 Å². The Bertz CT molecular complexity index is 512. The molecule has 5 nitrogen and oxygen atoms in total. The normalized spacial score (nSPS) is 10.8. The first kappa shape index (κ1) is 16.9. The van der Waals surface area contributed by atoms with E-state index in [0.29, 0.717) is 42.4 Å². The molecule has 0 bridgehead atoms. The smallest absolute Gasteiger partial charge is 0.283 e. The fourth-order valence-electron chi connectivity index (χ4n) is 1.57. The van der Waals surface area contributed by atoms with E-state index in [1.165, 1.54) is 4.68 Å². The number of ether oxygens (including phenoxy) is 1. The van der Waals surface area contributed by atoms with Crippen LogP contribution in [0.4, 0.5) is 5.69 Å². The molecule has 0 aliphatic heterocycles. The van der Waals surface area contributed by atoms with Crippen LogP contribution in [0.25, 0.3) is 0 Å². The number of hydrogen-bond acceptors (Lipinski definition) is 4. The van der Waals surface area contributed by atoms with E-state index >= 15 is 0 Å². The van der Waals surface area contributed by atoms with Crippen molar-refractivity contribution >= 4 is 21.6 Å². The second-order valence-electron chi connectivity index (χ2n) is 5.19. The van der Waals surface area contributed by atoms with E-state index in [9.17, 15) is 4.79 Å². The molecule has 0 radical (unpaired) electrons. The minimum absolute atomic E-state index is 0.119. The van der Waals surface area contributed by atoms with Crippen molar-refractivity contribution in [1.29, 1.82) is 0 Å². The molecule has 1 aromatic heterocycles. The molecule has 6 heteroatoms. The highest BCUT2D eigenvalue weighted by molar-refractivity contribution is 9.10. The van der Waals surface area contributed by atoms with Crippen LogP contribution in [0.2, 0.25) is 0 Å². The van der Waals surface area contributed by atoms with Gasteiger partial charge in [-0.15, -0.1) is 0 Å². The van der Waals surface area contributed by atoms with Gasteiger partial charge in [0.15, 0.2) is 0 Å². The van der Waals surface area contributed by atoms with Crippen molar-refractivity contribution in [3.8, 4) is 0 Å². The van der Waals surface area contributed by atoms with Crippen LogP contribution in [0.3, 0.4) is 0 Å². The Kier molecular flexibility index (Phi) is 6.95. The monoisotopic (exact) mass is 343 g/mol. The third-order valence-electron chi connectivity index (χ3n) is 2.43. The molecule has 0 aliphatic rings. The summed E-state index contributed by atoms with van der Waals surface area (Å²) >= 11 is 3.32. The van der Waals surface area contributed by atoms with Gasteiger partial charge in [-0.1, -0.05) is 26.0 Å². The molecule has 0 aromatic carbocycles. The topological polar surface area (TPSA) is 56.1 Å². The van der Waals surface area contributed by atoms with Gasteiger partial charge < -0.3 is 10.1 Å². The molecule has 0 fully saturated rings. The Morgan fingerprint density at radius 1 is 1.60 bits per heavy atom. The summed E-state index contributed by atoms with van der Waals surface area (Å²) in [5, 5.41) is 7.29. The summed E-state index contributed by atoms with van der Waals surface area (Å²) in [6, 6.07) is 0. The SMILES string of the molecule is C=C(C)COCCNc1cnn(CC(C)C)c(=O)c1Br. The van der Waals surface area contributed by atoms with Gasteiger partial charge in [-0.05, 0) is 28.8 Å². The lowest BCUT2D eigenvalue weighted by Crippen LogP contribution is -2.26. The number of rotatable bonds is 8. The Morgan fingerprint density at radius 2 is 2.30 bits per heavy atom. The van der Waals surface area contributed by atoms with Gasteiger partial charge in [0.25, 0.3) is 5.56 Å². The highest BCUT2D eigenvalue weighted by Gasteiger charge is 2.09. The first-order chi connectivity index (χ1) is 9.41. The van der Waals surface area contributed by atoms with E-state index in [0.717, 1.165) is 5.57 Å². The van der Waals surface area contributed by atoms with Crippen molar-refractivity contribution in [2.75, 3.05) is 25.1 Å². The Morgan fingerprint density at radius 3 is 2.90 bits per heavy atom. The van der Waals surface area contributed by atoms with Gasteiger partial charge in [-0.25, -0.2) is 4.68 Å². The maximum Gasteiger partial charge on any atom is 0.283 e. The van der Waals surface area contributed by atoms with Crippen molar-refractivity contribution in [1.82, 2.24) is 9.78 Å². The average molecular weight is 344 g/mol. The minimum atomic E-state index is -0.119. The third kappa shape index (κ3) is 5.46. The molecule has 0 unspecified atom stereocenters. The van der Waals surface area contributed by atoms with Crippen molar-refractivity contribution < 1.29 is 4.74 Å². The summed E-state index contributed by atoms with van der Waals surface area (Å²) in [5.41, 5.74) is 1.56. The van der Waals surface area contributed by atoms with Gasteiger partial charge in [-0.2, -0.15) is 5.10 Å². The fourth-order valence-corrected chi connectivity index (χ4v) is 2.02. The van der Waals surface area contributed by atoms with Crippen LogP contribution in [0, 0.1) is 5.92 Å². The fraction of sp³-hybridized carbons (Fsp3) is 0.571. The predicted molar refractivity (Wildman–Crippen MR) is 85.2 cm³/mol. The highest BCUT2D eigenvalue weighted by Crippen LogP contribution is 2.15. The highest BCUT2D eigenvalue weighted by atomic mass is 79.9. The van der Waals surface area contributed by atoms with Gasteiger partial charge in [0.1, 0.15) is 4.47 Å². The zero-order valence-electron chi connectivity index (χ0n) is 12.3. The second-order valence-corrected chi connectivity index (χ2v) is 5.98. The molecule has 1 N–H and O–H groups in total. The standard InChI is InChI=1S/C14H22BrN3O2/c1-10(2)8-18-14(19)13(15)12(7-17-18)16-5-6-20-9-11(3)4/h7,10,16H,3,5-6,8-9H2,1-2,4H3. The molecule has 1 aromatic rings. The van der Waals surface area contributed by atoms with Gasteiger partial charge in [0, 0.05) is 13.1 Å². The van der Waals surface area contributed by atoms with E-state index in [1.807, 2.05) is 20.8 Å². The summed E-state index contributed by atoms with van der Waals surface area (Å²) in [7, 11) is 0. The molecule has 1 rings (SSSR count). The average Bonchev–Trinajstić information content (AvgIpc) is 2.36. The quantitative estimate of drug-likeness (QED) is 0.582. The number of halogens is 1. The molecule has 1 heterocycles. The first-order valence-corrected chi connectivity index (χ1v) is 7.42. The molecular weight excluding hydrogens is 322 g/mol. The van der Waals surface area contributed by atoms with E-state index in [4.69, 9.17) is 4.74 Å². The Hall–Kier alpha value is -1.14. The lowest BCUT2D eigenvalue weighted by Gasteiger charge is -2.12. The predicted octanol–water partition coefficient (Wildman–Crippen LogP) is 2.67. The number of nitrogens with zero attached hydrogens (tertiary/aromatic N) is 2. The van der Waals surface area contributed by atoms with Gasteiger partial charge in [-0.3, -0.25) is 4.79 Å². The summed E-state index contributed by atoms with van der Waals surface area (Å²) < 4.78 is 7.36. The zero-order valence-corrected chi connectivity index (χ0v) is 13.9. The van der Waals surface area contributed by atoms with Crippen molar-refractivity contribution in [3.63, 3.8) is 0 Å². The lowest BCUT2D eigenvalue weighted by atomic mass is 10.2. The summed E-state index contributed by atoms with van der Waals surface area (Å²) in [6.45, 7) is 12.1. The summed E-state index contributed by atoms with van der Waals surface area (Å²) in [4.78, 5) is 12.1. The molecule has 0 spiro atoms. The third-order valence-corrected chi connectivity index (χ3v) is 3.20. The van der Waals surface area contributed by atoms with Crippen LogP contribution >= 0.6 is 15.9 Å². The van der Waals surface area contributed by atoms with Crippen LogP contribution < -0.4 is 10.9 Å². The number of nitrogens with one attached hydrogen (secondary N) is 1. The number of aromatic nitrogens is 2. The number of anilines is 1. The molecule has 0 aliphatic carbocycles. The van der Waals surface area contributed by atoms with E-state index in [2.05, 4.69) is 32.9 Å². The van der Waals surface area contributed by atoms with Crippen molar-refractivity contribution in [2.24, 2.45) is 5.92 Å². The molecule has 0 saturated carbocycles. The van der Waals surface area contributed by atoms with E-state index < -0.39 is 0 Å². The zero-order chi connectivity index (χ0) is 15.1. The van der Waals surface area contributed by atoms with Crippen molar-refractivity contribution in [2.45, 2.75) is 27.3 Å². The maximum atomic E-state index is 12.1. The van der Waals surface area contributed by atoms with Crippen LogP contribution in [-0.4, -0.2) is 29.5 Å². The van der Waals surface area contributed by atoms with Gasteiger partial charge >= 0.3 is 0 Å².